The van der Waals surface area contributed by atoms with Gasteiger partial charge in [0.15, 0.2) is 5.78 Å². The lowest BCUT2D eigenvalue weighted by Gasteiger charge is -2.73. The predicted octanol–water partition coefficient (Wildman–Crippen LogP) is 2.47. The van der Waals surface area contributed by atoms with E-state index >= 15 is 0 Å². The molecular formula is C21H30O4. The lowest BCUT2D eigenvalue weighted by atomic mass is 9.36. The Bertz CT molecular complexity index is 669. The second kappa shape index (κ2) is 4.58. The van der Waals surface area contributed by atoms with Crippen LogP contribution in [0.5, 0.6) is 0 Å². The quantitative estimate of drug-likeness (QED) is 0.661. The molecule has 4 heteroatoms. The van der Waals surface area contributed by atoms with Crippen LogP contribution in [0.4, 0.5) is 0 Å². The molecule has 0 aromatic carbocycles. The van der Waals surface area contributed by atoms with E-state index < -0.39 is 17.6 Å². The number of fused-ring (bicyclic) bond motifs is 2. The fourth-order valence-electron chi connectivity index (χ4n) is 8.28. The molecular weight excluding hydrogens is 316 g/mol. The Morgan fingerprint density at radius 2 is 1.92 bits per heavy atom. The van der Waals surface area contributed by atoms with Crippen molar-refractivity contribution in [3.63, 3.8) is 0 Å². The van der Waals surface area contributed by atoms with E-state index in [0.717, 1.165) is 19.3 Å². The number of carbonyl (C=O) groups excluding carboxylic acids is 1. The number of carbonyl (C=O) groups is 1. The van der Waals surface area contributed by atoms with Crippen molar-refractivity contribution in [1.82, 2.24) is 0 Å². The van der Waals surface area contributed by atoms with E-state index in [4.69, 9.17) is 4.74 Å². The highest BCUT2D eigenvalue weighted by atomic mass is 16.5. The average Bonchev–Trinajstić information content (AvgIpc) is 2.65. The zero-order valence-corrected chi connectivity index (χ0v) is 15.5. The van der Waals surface area contributed by atoms with Crippen LogP contribution in [0.1, 0.15) is 52.9 Å². The number of rotatable bonds is 0. The third-order valence-corrected chi connectivity index (χ3v) is 9.11. The molecule has 0 amide bonds. The molecule has 0 radical (unpaired) electrons. The second-order valence-corrected chi connectivity index (χ2v) is 10.1. The van der Waals surface area contributed by atoms with Crippen molar-refractivity contribution in [3.05, 3.63) is 12.2 Å². The summed E-state index contributed by atoms with van der Waals surface area (Å²) in [4.78, 5) is 13.4. The Kier molecular flexibility index (Phi) is 3.01. The van der Waals surface area contributed by atoms with Crippen LogP contribution in [0.15, 0.2) is 12.2 Å². The number of hydrogen-bond donors (Lipinski definition) is 2. The summed E-state index contributed by atoms with van der Waals surface area (Å²) in [6.45, 7) is 10.8. The first-order chi connectivity index (χ1) is 11.7. The summed E-state index contributed by atoms with van der Waals surface area (Å²) in [7, 11) is 0. The van der Waals surface area contributed by atoms with Gasteiger partial charge in [0.05, 0.1) is 29.8 Å². The first-order valence-electron chi connectivity index (χ1n) is 9.94. The van der Waals surface area contributed by atoms with Gasteiger partial charge in [0.1, 0.15) is 0 Å². The van der Waals surface area contributed by atoms with E-state index in [-0.39, 0.29) is 40.7 Å². The molecule has 6 rings (SSSR count). The third kappa shape index (κ3) is 1.52. The van der Waals surface area contributed by atoms with E-state index in [1.54, 1.807) is 0 Å². The van der Waals surface area contributed by atoms with Crippen LogP contribution >= 0.6 is 0 Å². The molecule has 2 spiro atoms. The van der Waals surface area contributed by atoms with Crippen LogP contribution in [0.25, 0.3) is 0 Å². The van der Waals surface area contributed by atoms with Crippen molar-refractivity contribution < 1.29 is 19.7 Å². The molecule has 9 atom stereocenters. The van der Waals surface area contributed by atoms with Gasteiger partial charge in [0.2, 0.25) is 0 Å². The topological polar surface area (TPSA) is 66.8 Å². The molecule has 2 aliphatic heterocycles. The molecule has 0 aromatic rings. The van der Waals surface area contributed by atoms with Gasteiger partial charge in [-0.15, -0.1) is 0 Å². The number of aliphatic hydroxyl groups is 2. The molecule has 4 saturated carbocycles. The van der Waals surface area contributed by atoms with Gasteiger partial charge in [-0.25, -0.2) is 0 Å². The van der Waals surface area contributed by atoms with Crippen LogP contribution in [0.3, 0.4) is 0 Å². The number of hydrogen-bond acceptors (Lipinski definition) is 4. The highest BCUT2D eigenvalue weighted by molar-refractivity contribution is 6.04. The lowest BCUT2D eigenvalue weighted by molar-refractivity contribution is -0.347. The van der Waals surface area contributed by atoms with E-state index in [2.05, 4.69) is 27.4 Å². The van der Waals surface area contributed by atoms with Gasteiger partial charge in [-0.2, -0.15) is 0 Å². The monoisotopic (exact) mass is 346 g/mol. The van der Waals surface area contributed by atoms with Crippen molar-refractivity contribution in [1.29, 1.82) is 0 Å². The number of ketones is 1. The normalized spacial score (nSPS) is 58.8. The van der Waals surface area contributed by atoms with Gasteiger partial charge in [-0.05, 0) is 49.5 Å². The maximum atomic E-state index is 13.4. The zero-order chi connectivity index (χ0) is 17.9. The standard InChI is InChI=1S/C21H30O4/c1-10-12-8-13(22)16-20-7-5-6-19(3,4)14(20)9-15(25-11(20)2)21(16,17(10)23)18(12)24/h11-16,18,22,24H,1,5-9H2,2-4H3/t11?,12?,13-,14?,15-,16?,18+,20-,21?/m0/s1. The van der Waals surface area contributed by atoms with Gasteiger partial charge in [-0.3, -0.25) is 4.79 Å². The lowest BCUT2D eigenvalue weighted by Crippen LogP contribution is -2.77. The molecule has 25 heavy (non-hydrogen) atoms. The van der Waals surface area contributed by atoms with E-state index in [1.807, 2.05) is 0 Å². The maximum absolute atomic E-state index is 13.4. The summed E-state index contributed by atoms with van der Waals surface area (Å²) >= 11 is 0. The molecule has 0 aromatic heterocycles. The van der Waals surface area contributed by atoms with Gasteiger partial charge in [0.25, 0.3) is 0 Å². The van der Waals surface area contributed by atoms with Crippen molar-refractivity contribution in [2.24, 2.45) is 34.0 Å². The minimum absolute atomic E-state index is 0.0199. The summed E-state index contributed by atoms with van der Waals surface area (Å²) in [5, 5.41) is 22.4. The fraction of sp³-hybridized carbons (Fsp3) is 0.857. The first kappa shape index (κ1) is 16.5. The molecule has 2 saturated heterocycles. The summed E-state index contributed by atoms with van der Waals surface area (Å²) in [5.41, 5.74) is -0.491. The third-order valence-electron chi connectivity index (χ3n) is 9.11. The largest absolute Gasteiger partial charge is 0.393 e. The summed E-state index contributed by atoms with van der Waals surface area (Å²) < 4.78 is 6.43. The molecule has 4 bridgehead atoms. The summed E-state index contributed by atoms with van der Waals surface area (Å²) in [5.74, 6) is -0.101. The molecule has 5 unspecified atom stereocenters. The fourth-order valence-corrected chi connectivity index (χ4v) is 8.28. The molecule has 138 valence electrons. The SMILES string of the molecule is C=C1C(=O)C23C([C@@H](O)CC1[C@H]2O)[C@]12CCCC(C)(C)C1C[C@@H]3OC2C. The van der Waals surface area contributed by atoms with Crippen molar-refractivity contribution in [2.45, 2.75) is 77.3 Å². The van der Waals surface area contributed by atoms with Gasteiger partial charge in [-0.1, -0.05) is 26.8 Å². The predicted molar refractivity (Wildman–Crippen MR) is 92.7 cm³/mol. The van der Waals surface area contributed by atoms with Gasteiger partial charge < -0.3 is 14.9 Å². The van der Waals surface area contributed by atoms with Crippen molar-refractivity contribution in [3.8, 4) is 0 Å². The highest BCUT2D eigenvalue weighted by Gasteiger charge is 2.80. The molecule has 4 nitrogen and oxygen atoms in total. The van der Waals surface area contributed by atoms with E-state index in [9.17, 15) is 15.0 Å². The highest BCUT2D eigenvalue weighted by Crippen LogP contribution is 2.75. The summed E-state index contributed by atoms with van der Waals surface area (Å²) in [6.07, 6.45) is 2.97. The van der Waals surface area contributed by atoms with E-state index in [1.165, 1.54) is 6.42 Å². The molecule has 6 aliphatic rings. The minimum Gasteiger partial charge on any atom is -0.393 e. The second-order valence-electron chi connectivity index (χ2n) is 10.1. The van der Waals surface area contributed by atoms with Crippen molar-refractivity contribution in [2.75, 3.05) is 0 Å². The van der Waals surface area contributed by atoms with Crippen LogP contribution < -0.4 is 0 Å². The van der Waals surface area contributed by atoms with E-state index in [0.29, 0.717) is 17.9 Å². The number of aliphatic hydroxyl groups excluding tert-OH is 2. The zero-order valence-electron chi connectivity index (χ0n) is 15.5. The summed E-state index contributed by atoms with van der Waals surface area (Å²) in [6, 6.07) is 0. The van der Waals surface area contributed by atoms with Crippen LogP contribution in [0.2, 0.25) is 0 Å². The molecule has 2 N–H and O–H groups in total. The molecule has 6 fully saturated rings. The average molecular weight is 346 g/mol. The van der Waals surface area contributed by atoms with Gasteiger partial charge >= 0.3 is 0 Å². The van der Waals surface area contributed by atoms with Crippen LogP contribution in [-0.4, -0.2) is 40.4 Å². The smallest absolute Gasteiger partial charge is 0.170 e. The molecule has 2 heterocycles. The number of Topliss-reactive ketones (excluding diaryl/α,β-unsaturated/α-hetero) is 1. The molecule has 4 aliphatic carbocycles. The first-order valence-corrected chi connectivity index (χ1v) is 9.94. The maximum Gasteiger partial charge on any atom is 0.170 e. The number of ether oxygens (including phenoxy) is 1. The Balaban J connectivity index is 1.76. The Hall–Kier alpha value is -0.710. The van der Waals surface area contributed by atoms with Crippen molar-refractivity contribution >= 4 is 5.78 Å². The van der Waals surface area contributed by atoms with Gasteiger partial charge in [0, 0.05) is 17.3 Å². The Morgan fingerprint density at radius 3 is 2.64 bits per heavy atom. The Labute approximate surface area is 149 Å². The van der Waals surface area contributed by atoms with Crippen LogP contribution in [0, 0.1) is 34.0 Å². The minimum atomic E-state index is -0.962. The van der Waals surface area contributed by atoms with Crippen LogP contribution in [-0.2, 0) is 9.53 Å². The Morgan fingerprint density at radius 1 is 1.20 bits per heavy atom.